The maximum atomic E-state index is 12.6. The lowest BCUT2D eigenvalue weighted by Crippen LogP contribution is -2.54. The van der Waals surface area contributed by atoms with Gasteiger partial charge in [0.05, 0.1) is 23.4 Å². The lowest BCUT2D eigenvalue weighted by atomic mass is 9.84. The van der Waals surface area contributed by atoms with Crippen LogP contribution in [0.1, 0.15) is 42.5 Å². The van der Waals surface area contributed by atoms with Gasteiger partial charge in [0.2, 0.25) is 0 Å². The summed E-state index contributed by atoms with van der Waals surface area (Å²) in [4.78, 5) is 12.6. The molecule has 0 aromatic heterocycles. The molecule has 1 amide bonds. The topological polar surface area (TPSA) is 76.4 Å². The summed E-state index contributed by atoms with van der Waals surface area (Å²) in [5.41, 5.74) is 6.60. The molecule has 0 aliphatic carbocycles. The first kappa shape index (κ1) is 15.4. The van der Waals surface area contributed by atoms with E-state index in [1.165, 1.54) is 26.4 Å². The van der Waals surface area contributed by atoms with Crippen molar-refractivity contribution in [3.8, 4) is 5.75 Å². The Hall–Kier alpha value is -1.46. The molecular weight excluding hydrogens is 302 g/mol. The number of fused-ring (bicyclic) bond motifs is 2. The Labute approximate surface area is 135 Å². The van der Waals surface area contributed by atoms with E-state index in [-0.39, 0.29) is 11.9 Å². The second kappa shape index (κ2) is 6.34. The van der Waals surface area contributed by atoms with Gasteiger partial charge in [-0.3, -0.25) is 4.79 Å². The van der Waals surface area contributed by atoms with Gasteiger partial charge in [-0.25, -0.2) is 0 Å². The molecule has 2 aliphatic rings. The van der Waals surface area contributed by atoms with E-state index < -0.39 is 0 Å². The molecule has 1 aromatic carbocycles. The third kappa shape index (κ3) is 3.15. The molecule has 2 fully saturated rings. The number of methoxy groups -OCH3 is 1. The number of amides is 1. The molecule has 2 aliphatic heterocycles. The Morgan fingerprint density at radius 1 is 1.36 bits per heavy atom. The van der Waals surface area contributed by atoms with Gasteiger partial charge in [-0.15, -0.1) is 0 Å². The summed E-state index contributed by atoms with van der Waals surface area (Å²) in [7, 11) is 1.52. The number of hydrogen-bond donors (Lipinski definition) is 3. The van der Waals surface area contributed by atoms with Gasteiger partial charge in [0.15, 0.2) is 0 Å². The van der Waals surface area contributed by atoms with Gasteiger partial charge in [0.25, 0.3) is 5.91 Å². The minimum atomic E-state index is -0.149. The maximum absolute atomic E-state index is 12.6. The van der Waals surface area contributed by atoms with Crippen LogP contribution in [0.15, 0.2) is 12.1 Å². The molecular formula is C16H22ClN3O2. The van der Waals surface area contributed by atoms with Gasteiger partial charge in [-0.1, -0.05) is 18.0 Å². The molecule has 0 radical (unpaired) electrons. The van der Waals surface area contributed by atoms with E-state index in [1.807, 2.05) is 0 Å². The van der Waals surface area contributed by atoms with Gasteiger partial charge in [-0.05, 0) is 31.7 Å². The zero-order valence-corrected chi connectivity index (χ0v) is 13.5. The monoisotopic (exact) mass is 323 g/mol. The number of anilines is 1. The van der Waals surface area contributed by atoms with Crippen LogP contribution in [0.2, 0.25) is 5.02 Å². The third-order valence-corrected chi connectivity index (χ3v) is 4.94. The van der Waals surface area contributed by atoms with Crippen molar-refractivity contribution in [1.82, 2.24) is 10.6 Å². The zero-order chi connectivity index (χ0) is 15.7. The SMILES string of the molecule is COc1cc(N)c(Cl)cc1C(=O)NC1CC2CCCC(C1)N2. The third-order valence-electron chi connectivity index (χ3n) is 4.61. The molecule has 3 rings (SSSR count). The van der Waals surface area contributed by atoms with E-state index in [2.05, 4.69) is 10.6 Å². The van der Waals surface area contributed by atoms with Crippen molar-refractivity contribution in [3.63, 3.8) is 0 Å². The maximum Gasteiger partial charge on any atom is 0.255 e. The Bertz CT molecular complexity index is 567. The highest BCUT2D eigenvalue weighted by Gasteiger charge is 2.32. The van der Waals surface area contributed by atoms with E-state index in [9.17, 15) is 4.79 Å². The molecule has 4 N–H and O–H groups in total. The number of nitrogens with two attached hydrogens (primary N) is 1. The summed E-state index contributed by atoms with van der Waals surface area (Å²) in [5, 5.41) is 7.12. The van der Waals surface area contributed by atoms with Gasteiger partial charge in [0.1, 0.15) is 5.75 Å². The van der Waals surface area contributed by atoms with Gasteiger partial charge in [-0.2, -0.15) is 0 Å². The Morgan fingerprint density at radius 2 is 2.05 bits per heavy atom. The van der Waals surface area contributed by atoms with E-state index in [0.717, 1.165) is 12.8 Å². The largest absolute Gasteiger partial charge is 0.496 e. The van der Waals surface area contributed by atoms with Crippen molar-refractivity contribution in [2.45, 2.75) is 50.2 Å². The second-order valence-corrected chi connectivity index (χ2v) is 6.61. The highest BCUT2D eigenvalue weighted by Crippen LogP contribution is 2.30. The number of carbonyl (C=O) groups excluding carboxylic acids is 1. The number of piperidine rings is 2. The number of nitrogens with one attached hydrogen (secondary N) is 2. The molecule has 2 atom stereocenters. The van der Waals surface area contributed by atoms with Crippen LogP contribution < -0.4 is 21.1 Å². The second-order valence-electron chi connectivity index (χ2n) is 6.21. The fourth-order valence-electron chi connectivity index (χ4n) is 3.56. The molecule has 5 nitrogen and oxygen atoms in total. The lowest BCUT2D eigenvalue weighted by molar-refractivity contribution is 0.0904. The van der Waals surface area contributed by atoms with E-state index >= 15 is 0 Å². The average molecular weight is 324 g/mol. The Balaban J connectivity index is 1.73. The summed E-state index contributed by atoms with van der Waals surface area (Å²) in [6.45, 7) is 0. The lowest BCUT2D eigenvalue weighted by Gasteiger charge is -2.40. The molecule has 2 heterocycles. The molecule has 6 heteroatoms. The Kier molecular flexibility index (Phi) is 4.45. The van der Waals surface area contributed by atoms with Crippen molar-refractivity contribution in [1.29, 1.82) is 0 Å². The van der Waals surface area contributed by atoms with E-state index in [0.29, 0.717) is 34.1 Å². The van der Waals surface area contributed by atoms with Crippen LogP contribution in [0.5, 0.6) is 5.75 Å². The van der Waals surface area contributed by atoms with Crippen molar-refractivity contribution in [2.75, 3.05) is 12.8 Å². The van der Waals surface area contributed by atoms with Crippen molar-refractivity contribution < 1.29 is 9.53 Å². The highest BCUT2D eigenvalue weighted by molar-refractivity contribution is 6.33. The summed E-state index contributed by atoms with van der Waals surface area (Å²) in [6.07, 6.45) is 5.63. The number of benzene rings is 1. The van der Waals surface area contributed by atoms with Crippen molar-refractivity contribution in [3.05, 3.63) is 22.7 Å². The van der Waals surface area contributed by atoms with Crippen molar-refractivity contribution >= 4 is 23.2 Å². The number of ether oxygens (including phenoxy) is 1. The standard InChI is InChI=1S/C16H22ClN3O2/c1-22-15-8-14(18)13(17)7-12(15)16(21)20-11-5-9-3-2-4-10(6-11)19-9/h7-11,19H,2-6,18H2,1H3,(H,20,21). The molecule has 120 valence electrons. The minimum Gasteiger partial charge on any atom is -0.496 e. The normalized spacial score (nSPS) is 27.3. The Morgan fingerprint density at radius 3 is 2.68 bits per heavy atom. The molecule has 2 bridgehead atoms. The average Bonchev–Trinajstić information content (AvgIpc) is 2.49. The number of rotatable bonds is 3. The fourth-order valence-corrected chi connectivity index (χ4v) is 3.73. The fraction of sp³-hybridized carbons (Fsp3) is 0.562. The number of halogens is 1. The molecule has 0 saturated carbocycles. The van der Waals surface area contributed by atoms with Crippen LogP contribution in [-0.4, -0.2) is 31.1 Å². The van der Waals surface area contributed by atoms with Crippen LogP contribution in [0.25, 0.3) is 0 Å². The van der Waals surface area contributed by atoms with Gasteiger partial charge >= 0.3 is 0 Å². The number of nitrogen functional groups attached to an aromatic ring is 1. The summed E-state index contributed by atoms with van der Waals surface area (Å²) in [5.74, 6) is 0.303. The summed E-state index contributed by atoms with van der Waals surface area (Å²) < 4.78 is 5.25. The molecule has 2 unspecified atom stereocenters. The molecule has 22 heavy (non-hydrogen) atoms. The van der Waals surface area contributed by atoms with Crippen LogP contribution in [0, 0.1) is 0 Å². The van der Waals surface area contributed by atoms with Crippen LogP contribution >= 0.6 is 11.6 Å². The van der Waals surface area contributed by atoms with Crippen LogP contribution in [0.3, 0.4) is 0 Å². The van der Waals surface area contributed by atoms with Crippen LogP contribution in [-0.2, 0) is 0 Å². The van der Waals surface area contributed by atoms with Gasteiger partial charge < -0.3 is 21.1 Å². The first-order valence-corrected chi connectivity index (χ1v) is 8.14. The van der Waals surface area contributed by atoms with Gasteiger partial charge in [0, 0.05) is 24.2 Å². The smallest absolute Gasteiger partial charge is 0.255 e. The number of hydrogen-bond acceptors (Lipinski definition) is 4. The summed E-state index contributed by atoms with van der Waals surface area (Å²) >= 11 is 6.04. The van der Waals surface area contributed by atoms with Crippen LogP contribution in [0.4, 0.5) is 5.69 Å². The summed E-state index contributed by atoms with van der Waals surface area (Å²) in [6, 6.07) is 4.41. The number of carbonyl (C=O) groups is 1. The minimum absolute atomic E-state index is 0.149. The zero-order valence-electron chi connectivity index (χ0n) is 12.7. The quantitative estimate of drug-likeness (QED) is 0.746. The van der Waals surface area contributed by atoms with E-state index in [1.54, 1.807) is 12.1 Å². The first-order valence-electron chi connectivity index (χ1n) is 7.76. The first-order chi connectivity index (χ1) is 10.6. The molecule has 2 saturated heterocycles. The molecule has 0 spiro atoms. The predicted molar refractivity (Wildman–Crippen MR) is 87.5 cm³/mol. The molecule has 1 aromatic rings. The van der Waals surface area contributed by atoms with Crippen molar-refractivity contribution in [2.24, 2.45) is 0 Å². The predicted octanol–water partition coefficient (Wildman–Crippen LogP) is 2.33. The highest BCUT2D eigenvalue weighted by atomic mass is 35.5. The van der Waals surface area contributed by atoms with E-state index in [4.69, 9.17) is 22.1 Å².